The zero-order chi connectivity index (χ0) is 18.8. The van der Waals surface area contributed by atoms with Gasteiger partial charge in [-0.05, 0) is 30.5 Å². The zero-order valence-corrected chi connectivity index (χ0v) is 17.3. The molecule has 0 aliphatic rings. The first-order chi connectivity index (χ1) is 13.1. The maximum Gasteiger partial charge on any atom is 0.191 e. The third kappa shape index (κ3) is 3.57. The largest absolute Gasteiger partial charge is 0.305 e. The van der Waals surface area contributed by atoms with Gasteiger partial charge in [-0.15, -0.1) is 21.5 Å². The Labute approximate surface area is 168 Å². The Morgan fingerprint density at radius 2 is 1.70 bits per heavy atom. The van der Waals surface area contributed by atoms with Crippen molar-refractivity contribution in [3.63, 3.8) is 0 Å². The normalized spacial score (nSPS) is 11.1. The summed E-state index contributed by atoms with van der Waals surface area (Å²) < 4.78 is 2.11. The highest BCUT2D eigenvalue weighted by molar-refractivity contribution is 7.98. The zero-order valence-electron chi connectivity index (χ0n) is 15.6. The number of hydrogen-bond donors (Lipinski definition) is 0. The molecule has 2 aromatic carbocycles. The maximum atomic E-state index is 4.52. The van der Waals surface area contributed by atoms with Gasteiger partial charge in [0.15, 0.2) is 11.0 Å². The molecule has 0 N–H and O–H groups in total. The van der Waals surface area contributed by atoms with Gasteiger partial charge in [0.2, 0.25) is 0 Å². The number of aromatic nitrogens is 3. The summed E-state index contributed by atoms with van der Waals surface area (Å²) >= 11 is 3.49. The van der Waals surface area contributed by atoms with Crippen molar-refractivity contribution in [2.75, 3.05) is 0 Å². The molecule has 0 amide bonds. The van der Waals surface area contributed by atoms with Gasteiger partial charge < -0.3 is 4.57 Å². The van der Waals surface area contributed by atoms with E-state index in [1.54, 1.807) is 23.1 Å². The highest BCUT2D eigenvalue weighted by Gasteiger charge is 2.18. The average molecular weight is 392 g/mol. The highest BCUT2D eigenvalue weighted by Crippen LogP contribution is 2.38. The molecule has 27 heavy (non-hydrogen) atoms. The van der Waals surface area contributed by atoms with E-state index in [4.69, 9.17) is 0 Å². The van der Waals surface area contributed by atoms with E-state index in [-0.39, 0.29) is 0 Å². The molecule has 3 nitrogen and oxygen atoms in total. The Bertz CT molecular complexity index is 1060. The molecule has 0 aliphatic carbocycles. The molecule has 0 unspecified atom stereocenters. The second-order valence-electron chi connectivity index (χ2n) is 6.53. The minimum absolute atomic E-state index is 0.896. The third-order valence-electron chi connectivity index (χ3n) is 4.73. The SMILES string of the molecule is Cc1ccccc1CSc1nnc(-c2csc(C)c2-c2ccccc2)n1C. The Morgan fingerprint density at radius 3 is 2.48 bits per heavy atom. The van der Waals surface area contributed by atoms with Gasteiger partial charge in [-0.2, -0.15) is 0 Å². The lowest BCUT2D eigenvalue weighted by Gasteiger charge is -2.08. The van der Waals surface area contributed by atoms with Gasteiger partial charge in [-0.25, -0.2) is 0 Å². The number of aryl methyl sites for hydroxylation is 2. The summed E-state index contributed by atoms with van der Waals surface area (Å²) in [6.45, 7) is 4.32. The van der Waals surface area contributed by atoms with Crippen molar-refractivity contribution in [2.45, 2.75) is 24.8 Å². The lowest BCUT2D eigenvalue weighted by molar-refractivity contribution is 0.794. The predicted molar refractivity (Wildman–Crippen MR) is 115 cm³/mol. The second kappa shape index (κ2) is 7.71. The molecular weight excluding hydrogens is 370 g/mol. The van der Waals surface area contributed by atoms with Crippen LogP contribution < -0.4 is 0 Å². The summed E-state index contributed by atoms with van der Waals surface area (Å²) in [5.74, 6) is 1.82. The van der Waals surface area contributed by atoms with Crippen LogP contribution in [0.2, 0.25) is 0 Å². The lowest BCUT2D eigenvalue weighted by Crippen LogP contribution is -1.96. The maximum absolute atomic E-state index is 4.52. The Hall–Kier alpha value is -2.37. The van der Waals surface area contributed by atoms with E-state index in [2.05, 4.69) is 89.6 Å². The van der Waals surface area contributed by atoms with E-state index < -0.39 is 0 Å². The van der Waals surface area contributed by atoms with Crippen LogP contribution in [0.25, 0.3) is 22.5 Å². The van der Waals surface area contributed by atoms with Crippen LogP contribution in [0.4, 0.5) is 0 Å². The molecule has 0 aliphatic heterocycles. The number of hydrogen-bond acceptors (Lipinski definition) is 4. The highest BCUT2D eigenvalue weighted by atomic mass is 32.2. The predicted octanol–water partition coefficient (Wildman–Crippen LogP) is 6.12. The Balaban J connectivity index is 1.65. The smallest absolute Gasteiger partial charge is 0.191 e. The molecule has 0 spiro atoms. The lowest BCUT2D eigenvalue weighted by atomic mass is 10.0. The fourth-order valence-electron chi connectivity index (χ4n) is 3.17. The molecule has 0 fully saturated rings. The van der Waals surface area contributed by atoms with Crippen LogP contribution >= 0.6 is 23.1 Å². The van der Waals surface area contributed by atoms with Gasteiger partial charge in [-0.1, -0.05) is 66.4 Å². The number of rotatable bonds is 5. The van der Waals surface area contributed by atoms with Gasteiger partial charge in [0.1, 0.15) is 0 Å². The molecule has 4 aromatic rings. The first kappa shape index (κ1) is 18.0. The van der Waals surface area contributed by atoms with Crippen LogP contribution in [0, 0.1) is 13.8 Å². The van der Waals surface area contributed by atoms with Crippen LogP contribution in [0.5, 0.6) is 0 Å². The van der Waals surface area contributed by atoms with E-state index in [1.807, 2.05) is 6.07 Å². The minimum Gasteiger partial charge on any atom is -0.305 e. The fraction of sp³-hybridized carbons (Fsp3) is 0.182. The molecule has 0 radical (unpaired) electrons. The Morgan fingerprint density at radius 1 is 0.963 bits per heavy atom. The molecule has 2 heterocycles. The molecule has 0 bridgehead atoms. The molecule has 0 atom stereocenters. The van der Waals surface area contributed by atoms with Gasteiger partial charge in [0.25, 0.3) is 0 Å². The minimum atomic E-state index is 0.896. The number of thiophene rings is 1. The van der Waals surface area contributed by atoms with Crippen LogP contribution in [-0.4, -0.2) is 14.8 Å². The van der Waals surface area contributed by atoms with Gasteiger partial charge in [0, 0.05) is 34.2 Å². The first-order valence-electron chi connectivity index (χ1n) is 8.85. The monoisotopic (exact) mass is 391 g/mol. The molecule has 136 valence electrons. The summed E-state index contributed by atoms with van der Waals surface area (Å²) in [6.07, 6.45) is 0. The van der Waals surface area contributed by atoms with Crippen molar-refractivity contribution < 1.29 is 0 Å². The summed E-state index contributed by atoms with van der Waals surface area (Å²) in [4.78, 5) is 1.30. The second-order valence-corrected chi connectivity index (χ2v) is 8.55. The third-order valence-corrected chi connectivity index (χ3v) is 6.71. The van der Waals surface area contributed by atoms with Gasteiger partial charge >= 0.3 is 0 Å². The van der Waals surface area contributed by atoms with E-state index in [9.17, 15) is 0 Å². The number of thioether (sulfide) groups is 1. The van der Waals surface area contributed by atoms with Crippen LogP contribution in [0.15, 0.2) is 65.1 Å². The molecular formula is C22H21N3S2. The molecule has 5 heteroatoms. The van der Waals surface area contributed by atoms with Crippen molar-refractivity contribution in [1.82, 2.24) is 14.8 Å². The number of benzene rings is 2. The van der Waals surface area contributed by atoms with Crippen molar-refractivity contribution >= 4 is 23.1 Å². The van der Waals surface area contributed by atoms with Crippen LogP contribution in [0.1, 0.15) is 16.0 Å². The van der Waals surface area contributed by atoms with Crippen molar-refractivity contribution in [1.29, 1.82) is 0 Å². The van der Waals surface area contributed by atoms with Crippen LogP contribution in [0.3, 0.4) is 0 Å². The molecule has 2 aromatic heterocycles. The summed E-state index contributed by atoms with van der Waals surface area (Å²) in [5.41, 5.74) is 6.28. The first-order valence-corrected chi connectivity index (χ1v) is 10.7. The van der Waals surface area contributed by atoms with E-state index in [1.165, 1.54) is 27.1 Å². The Kier molecular flexibility index (Phi) is 5.14. The van der Waals surface area contributed by atoms with E-state index in [0.29, 0.717) is 0 Å². The summed E-state index contributed by atoms with van der Waals surface area (Å²) in [5, 5.41) is 12.1. The van der Waals surface area contributed by atoms with Crippen molar-refractivity contribution in [2.24, 2.45) is 7.05 Å². The molecule has 0 saturated carbocycles. The summed E-state index contributed by atoms with van der Waals surface area (Å²) in [6, 6.07) is 19.0. The average Bonchev–Trinajstić information content (AvgIpc) is 3.24. The summed E-state index contributed by atoms with van der Waals surface area (Å²) in [7, 11) is 2.05. The topological polar surface area (TPSA) is 30.7 Å². The molecule has 0 saturated heterocycles. The number of nitrogens with zero attached hydrogens (tertiary/aromatic N) is 3. The van der Waals surface area contributed by atoms with Gasteiger partial charge in [-0.3, -0.25) is 0 Å². The van der Waals surface area contributed by atoms with Gasteiger partial charge in [0.05, 0.1) is 0 Å². The van der Waals surface area contributed by atoms with Crippen molar-refractivity contribution in [3.8, 4) is 22.5 Å². The van der Waals surface area contributed by atoms with Crippen LogP contribution in [-0.2, 0) is 12.8 Å². The van der Waals surface area contributed by atoms with E-state index in [0.717, 1.165) is 22.3 Å². The standard InChI is InChI=1S/C22H21N3S2/c1-15-9-7-8-12-18(15)13-27-22-24-23-21(25(22)3)19-14-26-16(2)20(19)17-10-5-4-6-11-17/h4-12,14H,13H2,1-3H3. The quantitative estimate of drug-likeness (QED) is 0.384. The molecule has 4 rings (SSSR count). The van der Waals surface area contributed by atoms with E-state index >= 15 is 0 Å². The fourth-order valence-corrected chi connectivity index (χ4v) is 5.02. The van der Waals surface area contributed by atoms with Crippen molar-refractivity contribution in [3.05, 3.63) is 76.0 Å².